The summed E-state index contributed by atoms with van der Waals surface area (Å²) in [4.78, 5) is 7.77. The number of nitrogens with one attached hydrogen (secondary N) is 2. The number of hydrogen-bond donors (Lipinski definition) is 2. The first-order valence-electron chi connectivity index (χ1n) is 10.7. The molecule has 0 spiro atoms. The third-order valence-electron chi connectivity index (χ3n) is 5.43. The van der Waals surface area contributed by atoms with Crippen molar-refractivity contribution < 1.29 is 8.81 Å². The van der Waals surface area contributed by atoms with Gasteiger partial charge in [0.25, 0.3) is 0 Å². The summed E-state index contributed by atoms with van der Waals surface area (Å²) in [6, 6.07) is 12.9. The van der Waals surface area contributed by atoms with Crippen LogP contribution in [0.25, 0.3) is 22.5 Å². The van der Waals surface area contributed by atoms with E-state index >= 15 is 0 Å². The number of hydrogen-bond acceptors (Lipinski definition) is 5. The average molecular weight is 465 g/mol. The van der Waals surface area contributed by atoms with Crippen molar-refractivity contribution in [1.29, 1.82) is 0 Å². The van der Waals surface area contributed by atoms with E-state index in [4.69, 9.17) is 16.0 Å². The molecule has 0 atom stereocenters. The maximum atomic E-state index is 14.6. The summed E-state index contributed by atoms with van der Waals surface area (Å²) >= 11 is 6.05. The van der Waals surface area contributed by atoms with Gasteiger partial charge in [0, 0.05) is 28.7 Å². The lowest BCUT2D eigenvalue weighted by molar-refractivity contribution is 0.540. The summed E-state index contributed by atoms with van der Waals surface area (Å²) in [5, 5.41) is 12.5. The second-order valence-electron chi connectivity index (χ2n) is 7.85. The third-order valence-corrected chi connectivity index (χ3v) is 5.67. The van der Waals surface area contributed by atoms with E-state index in [2.05, 4.69) is 25.6 Å². The normalized spacial score (nSPS) is 11.3. The summed E-state index contributed by atoms with van der Waals surface area (Å²) < 4.78 is 22.0. The standard InChI is InChI=1S/C24H22ClFN6O/c25-18-5-7-21-17(12-18)13-23(30-21)24-29-19(15-33-24)14-27-22-6-4-16(11-20(22)26)3-1-2-9-32-10-8-28-31-32/h4-8,10-13,15,27,30H,1-3,9,14H2. The SMILES string of the molecule is Fc1cc(CCCCn2ccnn2)ccc1NCc1coc(-c2cc3cc(Cl)ccc3[nH]2)n1. The molecule has 5 aromatic rings. The van der Waals surface area contributed by atoms with E-state index in [0.29, 0.717) is 28.8 Å². The van der Waals surface area contributed by atoms with Crippen molar-refractivity contribution in [1.82, 2.24) is 25.0 Å². The molecule has 2 N–H and O–H groups in total. The highest BCUT2D eigenvalue weighted by atomic mass is 35.5. The Morgan fingerprint density at radius 2 is 2.06 bits per heavy atom. The number of aromatic nitrogens is 5. The predicted molar refractivity (Wildman–Crippen MR) is 125 cm³/mol. The Kier molecular flexibility index (Phi) is 6.08. The Morgan fingerprint density at radius 3 is 2.91 bits per heavy atom. The molecule has 168 valence electrons. The highest BCUT2D eigenvalue weighted by Gasteiger charge is 2.11. The second-order valence-corrected chi connectivity index (χ2v) is 8.29. The molecule has 0 saturated heterocycles. The number of anilines is 1. The number of benzene rings is 2. The zero-order valence-electron chi connectivity index (χ0n) is 17.8. The van der Waals surface area contributed by atoms with Crippen LogP contribution in [0.3, 0.4) is 0 Å². The van der Waals surface area contributed by atoms with Crippen molar-refractivity contribution in [3.05, 3.63) is 83.2 Å². The Bertz CT molecular complexity index is 1360. The first kappa shape index (κ1) is 21.2. The minimum Gasteiger partial charge on any atom is -0.443 e. The zero-order chi connectivity index (χ0) is 22.6. The summed E-state index contributed by atoms with van der Waals surface area (Å²) in [5.41, 5.74) is 3.80. The second kappa shape index (κ2) is 9.46. The summed E-state index contributed by atoms with van der Waals surface area (Å²) in [6.07, 6.45) is 7.81. The van der Waals surface area contributed by atoms with Crippen LogP contribution in [0.4, 0.5) is 10.1 Å². The van der Waals surface area contributed by atoms with Gasteiger partial charge < -0.3 is 14.7 Å². The number of oxazole rings is 1. The fourth-order valence-electron chi connectivity index (χ4n) is 3.73. The lowest BCUT2D eigenvalue weighted by Crippen LogP contribution is -2.03. The first-order chi connectivity index (χ1) is 16.1. The van der Waals surface area contributed by atoms with Crippen LogP contribution in [-0.4, -0.2) is 25.0 Å². The molecular formula is C24H22ClFN6O. The Labute approximate surface area is 194 Å². The number of fused-ring (bicyclic) bond motifs is 1. The molecule has 9 heteroatoms. The molecule has 3 aromatic heterocycles. The molecule has 0 unspecified atom stereocenters. The molecule has 0 aliphatic carbocycles. The van der Waals surface area contributed by atoms with Crippen LogP contribution in [0.2, 0.25) is 5.02 Å². The van der Waals surface area contributed by atoms with Gasteiger partial charge in [-0.3, -0.25) is 4.68 Å². The number of rotatable bonds is 9. The highest BCUT2D eigenvalue weighted by Crippen LogP contribution is 2.26. The molecule has 5 rings (SSSR count). The number of nitrogens with zero attached hydrogens (tertiary/aromatic N) is 4. The van der Waals surface area contributed by atoms with Gasteiger partial charge in [-0.25, -0.2) is 9.37 Å². The van der Waals surface area contributed by atoms with Gasteiger partial charge in [0.05, 0.1) is 24.1 Å². The van der Waals surface area contributed by atoms with Crippen molar-refractivity contribution in [2.24, 2.45) is 0 Å². The first-order valence-corrected chi connectivity index (χ1v) is 11.1. The molecule has 3 heterocycles. The van der Waals surface area contributed by atoms with E-state index in [-0.39, 0.29) is 5.82 Å². The van der Waals surface area contributed by atoms with Crippen LogP contribution >= 0.6 is 11.6 Å². The Hall–Kier alpha value is -3.65. The fraction of sp³-hybridized carbons (Fsp3) is 0.208. The zero-order valence-corrected chi connectivity index (χ0v) is 18.5. The largest absolute Gasteiger partial charge is 0.443 e. The Balaban J connectivity index is 1.16. The van der Waals surface area contributed by atoms with Gasteiger partial charge in [0.1, 0.15) is 17.8 Å². The monoisotopic (exact) mass is 464 g/mol. The third kappa shape index (κ3) is 5.06. The number of unbranched alkanes of at least 4 members (excludes halogenated alkanes) is 1. The predicted octanol–water partition coefficient (Wildman–Crippen LogP) is 5.84. The molecule has 0 amide bonds. The highest BCUT2D eigenvalue weighted by molar-refractivity contribution is 6.31. The molecule has 2 aromatic carbocycles. The smallest absolute Gasteiger partial charge is 0.243 e. The van der Waals surface area contributed by atoms with Crippen LogP contribution in [0.5, 0.6) is 0 Å². The average Bonchev–Trinajstić information content (AvgIpc) is 3.56. The lowest BCUT2D eigenvalue weighted by Gasteiger charge is -2.08. The molecule has 0 bridgehead atoms. The van der Waals surface area contributed by atoms with E-state index < -0.39 is 0 Å². The number of aromatic amines is 1. The molecule has 0 saturated carbocycles. The van der Waals surface area contributed by atoms with E-state index in [9.17, 15) is 4.39 Å². The number of aryl methyl sites for hydroxylation is 2. The quantitative estimate of drug-likeness (QED) is 0.267. The van der Waals surface area contributed by atoms with Crippen molar-refractivity contribution in [3.8, 4) is 11.6 Å². The molecule has 0 aliphatic rings. The van der Waals surface area contributed by atoms with Gasteiger partial charge in [0.15, 0.2) is 0 Å². The van der Waals surface area contributed by atoms with E-state index in [1.807, 2.05) is 36.5 Å². The fourth-order valence-corrected chi connectivity index (χ4v) is 3.91. The molecule has 7 nitrogen and oxygen atoms in total. The van der Waals surface area contributed by atoms with Gasteiger partial charge in [-0.15, -0.1) is 5.10 Å². The van der Waals surface area contributed by atoms with Crippen molar-refractivity contribution in [3.63, 3.8) is 0 Å². The number of halogens is 2. The molecular weight excluding hydrogens is 443 g/mol. The maximum absolute atomic E-state index is 14.6. The summed E-state index contributed by atoms with van der Waals surface area (Å²) in [6.45, 7) is 1.16. The van der Waals surface area contributed by atoms with Crippen molar-refractivity contribution >= 4 is 28.2 Å². The van der Waals surface area contributed by atoms with E-state index in [1.54, 1.807) is 29.3 Å². The van der Waals surface area contributed by atoms with Gasteiger partial charge in [0.2, 0.25) is 5.89 Å². The van der Waals surface area contributed by atoms with Gasteiger partial charge in [-0.1, -0.05) is 22.9 Å². The number of H-pyrrole nitrogens is 1. The summed E-state index contributed by atoms with van der Waals surface area (Å²) in [7, 11) is 0. The molecule has 33 heavy (non-hydrogen) atoms. The van der Waals surface area contributed by atoms with Crippen molar-refractivity contribution in [2.75, 3.05) is 5.32 Å². The lowest BCUT2D eigenvalue weighted by atomic mass is 10.1. The minimum absolute atomic E-state index is 0.278. The van der Waals surface area contributed by atoms with Crippen LogP contribution in [0.1, 0.15) is 24.1 Å². The van der Waals surface area contributed by atoms with Crippen LogP contribution < -0.4 is 5.32 Å². The Morgan fingerprint density at radius 1 is 1.12 bits per heavy atom. The molecule has 0 fully saturated rings. The molecule has 0 aliphatic heterocycles. The topological polar surface area (TPSA) is 84.6 Å². The van der Waals surface area contributed by atoms with Gasteiger partial charge in [-0.05, 0) is 61.2 Å². The van der Waals surface area contributed by atoms with Crippen LogP contribution in [0.15, 0.2) is 65.5 Å². The van der Waals surface area contributed by atoms with E-state index in [1.165, 1.54) is 0 Å². The van der Waals surface area contributed by atoms with Gasteiger partial charge >= 0.3 is 0 Å². The van der Waals surface area contributed by atoms with Crippen LogP contribution in [-0.2, 0) is 19.5 Å². The molecule has 0 radical (unpaired) electrons. The minimum atomic E-state index is -0.278. The van der Waals surface area contributed by atoms with Crippen LogP contribution in [0, 0.1) is 5.82 Å². The van der Waals surface area contributed by atoms with E-state index in [0.717, 1.165) is 48.0 Å². The van der Waals surface area contributed by atoms with Crippen molar-refractivity contribution in [2.45, 2.75) is 32.4 Å². The van der Waals surface area contributed by atoms with Gasteiger partial charge in [-0.2, -0.15) is 0 Å². The summed E-state index contributed by atoms with van der Waals surface area (Å²) in [5.74, 6) is 0.195. The maximum Gasteiger partial charge on any atom is 0.243 e.